The predicted molar refractivity (Wildman–Crippen MR) is 67.1 cm³/mol. The van der Waals surface area contributed by atoms with Crippen LogP contribution in [0.25, 0.3) is 0 Å². The van der Waals surface area contributed by atoms with Gasteiger partial charge in [-0.3, -0.25) is 0 Å². The summed E-state index contributed by atoms with van der Waals surface area (Å²) in [5, 5.41) is 7.12. The van der Waals surface area contributed by atoms with Crippen LogP contribution in [0.1, 0.15) is 41.0 Å². The highest BCUT2D eigenvalue weighted by molar-refractivity contribution is 4.82. The maximum absolute atomic E-state index is 3.62. The lowest BCUT2D eigenvalue weighted by Crippen LogP contribution is -2.35. The zero-order valence-electron chi connectivity index (χ0n) is 11.1. The minimum atomic E-state index is 0.423. The number of rotatable bonds is 4. The lowest BCUT2D eigenvalue weighted by Gasteiger charge is -2.28. The molecular formula is C13H28N2. The van der Waals surface area contributed by atoms with Crippen molar-refractivity contribution in [1.82, 2.24) is 10.6 Å². The van der Waals surface area contributed by atoms with E-state index in [4.69, 9.17) is 0 Å². The Morgan fingerprint density at radius 2 is 2.07 bits per heavy atom. The Bertz CT molecular complexity index is 181. The molecule has 0 saturated carbocycles. The lowest BCUT2D eigenvalue weighted by atomic mass is 9.82. The van der Waals surface area contributed by atoms with Gasteiger partial charge in [-0.15, -0.1) is 0 Å². The summed E-state index contributed by atoms with van der Waals surface area (Å²) in [7, 11) is 0. The van der Waals surface area contributed by atoms with Gasteiger partial charge in [0.25, 0.3) is 0 Å². The van der Waals surface area contributed by atoms with Gasteiger partial charge in [0, 0.05) is 6.04 Å². The zero-order valence-corrected chi connectivity index (χ0v) is 11.1. The fraction of sp³-hybridized carbons (Fsp3) is 1.00. The minimum absolute atomic E-state index is 0.423. The molecule has 0 aromatic rings. The van der Waals surface area contributed by atoms with E-state index >= 15 is 0 Å². The second-order valence-electron chi connectivity index (χ2n) is 6.22. The molecule has 90 valence electrons. The van der Waals surface area contributed by atoms with Crippen molar-refractivity contribution in [2.75, 3.05) is 19.6 Å². The van der Waals surface area contributed by atoms with E-state index in [1.54, 1.807) is 0 Å². The molecular weight excluding hydrogens is 184 g/mol. The largest absolute Gasteiger partial charge is 0.316 e. The number of hydrogen-bond donors (Lipinski definition) is 2. The molecule has 1 heterocycles. The lowest BCUT2D eigenvalue weighted by molar-refractivity contribution is 0.248. The van der Waals surface area contributed by atoms with E-state index in [0.29, 0.717) is 11.5 Å². The van der Waals surface area contributed by atoms with Crippen LogP contribution in [0.2, 0.25) is 0 Å². The Labute approximate surface area is 95.2 Å². The molecule has 0 spiro atoms. The van der Waals surface area contributed by atoms with Crippen molar-refractivity contribution in [3.05, 3.63) is 0 Å². The third-order valence-corrected chi connectivity index (χ3v) is 4.02. The van der Waals surface area contributed by atoms with Gasteiger partial charge >= 0.3 is 0 Å². The van der Waals surface area contributed by atoms with Gasteiger partial charge in [0.2, 0.25) is 0 Å². The average Bonchev–Trinajstić information content (AvgIpc) is 2.50. The summed E-state index contributed by atoms with van der Waals surface area (Å²) in [4.78, 5) is 0. The number of nitrogens with one attached hydrogen (secondary N) is 2. The molecule has 3 atom stereocenters. The fourth-order valence-corrected chi connectivity index (χ4v) is 1.98. The highest BCUT2D eigenvalue weighted by atomic mass is 15.0. The van der Waals surface area contributed by atoms with Crippen molar-refractivity contribution in [2.24, 2.45) is 17.3 Å². The van der Waals surface area contributed by atoms with Crippen LogP contribution in [0.5, 0.6) is 0 Å². The third-order valence-electron chi connectivity index (χ3n) is 4.02. The van der Waals surface area contributed by atoms with Crippen LogP contribution < -0.4 is 10.6 Å². The summed E-state index contributed by atoms with van der Waals surface area (Å²) in [6, 6.07) is 0.697. The van der Waals surface area contributed by atoms with Gasteiger partial charge in [-0.05, 0) is 50.2 Å². The Kier molecular flexibility index (Phi) is 4.60. The smallest absolute Gasteiger partial charge is 0.00795 e. The van der Waals surface area contributed by atoms with Crippen LogP contribution in [-0.4, -0.2) is 25.7 Å². The first-order valence-corrected chi connectivity index (χ1v) is 6.35. The molecule has 2 N–H and O–H groups in total. The maximum atomic E-state index is 3.62. The van der Waals surface area contributed by atoms with Crippen LogP contribution >= 0.6 is 0 Å². The van der Waals surface area contributed by atoms with Gasteiger partial charge < -0.3 is 10.6 Å². The van der Waals surface area contributed by atoms with Crippen LogP contribution in [0.3, 0.4) is 0 Å². The molecule has 0 aromatic carbocycles. The topological polar surface area (TPSA) is 24.1 Å². The first-order valence-electron chi connectivity index (χ1n) is 6.35. The molecule has 1 rings (SSSR count). The second-order valence-corrected chi connectivity index (χ2v) is 6.22. The predicted octanol–water partition coefficient (Wildman–Crippen LogP) is 2.26. The summed E-state index contributed by atoms with van der Waals surface area (Å²) in [6.45, 7) is 15.1. The van der Waals surface area contributed by atoms with Gasteiger partial charge in [-0.2, -0.15) is 0 Å². The minimum Gasteiger partial charge on any atom is -0.316 e. The van der Waals surface area contributed by atoms with Crippen LogP contribution in [0.4, 0.5) is 0 Å². The third kappa shape index (κ3) is 4.12. The molecule has 3 unspecified atom stereocenters. The highest BCUT2D eigenvalue weighted by Gasteiger charge is 2.23. The monoisotopic (exact) mass is 212 g/mol. The van der Waals surface area contributed by atoms with Crippen LogP contribution in [-0.2, 0) is 0 Å². The van der Waals surface area contributed by atoms with E-state index in [9.17, 15) is 0 Å². The second kappa shape index (κ2) is 5.31. The first kappa shape index (κ1) is 13.0. The highest BCUT2D eigenvalue weighted by Crippen LogP contribution is 2.24. The normalized spacial score (nSPS) is 29.4. The average molecular weight is 212 g/mol. The fourth-order valence-electron chi connectivity index (χ4n) is 1.98. The molecule has 0 radical (unpaired) electrons. The van der Waals surface area contributed by atoms with E-state index in [1.807, 2.05) is 0 Å². The van der Waals surface area contributed by atoms with E-state index in [0.717, 1.165) is 18.4 Å². The molecule has 1 fully saturated rings. The van der Waals surface area contributed by atoms with Gasteiger partial charge in [0.1, 0.15) is 0 Å². The van der Waals surface area contributed by atoms with E-state index in [1.165, 1.54) is 19.5 Å². The molecule has 1 aliphatic heterocycles. The van der Waals surface area contributed by atoms with Crippen LogP contribution in [0, 0.1) is 17.3 Å². The summed E-state index contributed by atoms with van der Waals surface area (Å²) < 4.78 is 0. The summed E-state index contributed by atoms with van der Waals surface area (Å²) in [5.41, 5.74) is 0.423. The molecule has 2 nitrogen and oxygen atoms in total. The van der Waals surface area contributed by atoms with Crippen LogP contribution in [0.15, 0.2) is 0 Å². The molecule has 2 heteroatoms. The number of hydrogen-bond acceptors (Lipinski definition) is 2. The van der Waals surface area contributed by atoms with Crippen molar-refractivity contribution in [2.45, 2.75) is 47.1 Å². The summed E-state index contributed by atoms with van der Waals surface area (Å²) in [6.07, 6.45) is 1.33. The van der Waals surface area contributed by atoms with Gasteiger partial charge in [0.05, 0.1) is 0 Å². The first-order chi connectivity index (χ1) is 6.91. The molecule has 0 amide bonds. The van der Waals surface area contributed by atoms with Gasteiger partial charge in [0.15, 0.2) is 0 Å². The van der Waals surface area contributed by atoms with E-state index in [2.05, 4.69) is 45.3 Å². The van der Waals surface area contributed by atoms with E-state index in [-0.39, 0.29) is 0 Å². The molecule has 0 aliphatic carbocycles. The Morgan fingerprint density at radius 3 is 2.53 bits per heavy atom. The Hall–Kier alpha value is -0.0800. The van der Waals surface area contributed by atoms with Crippen molar-refractivity contribution in [1.29, 1.82) is 0 Å². The van der Waals surface area contributed by atoms with Crippen molar-refractivity contribution >= 4 is 0 Å². The SMILES string of the molecule is CC1NCCC1CNCC(C)C(C)(C)C. The molecule has 1 saturated heterocycles. The standard InChI is InChI=1S/C13H28N2/c1-10(13(3,4)5)8-14-9-12-6-7-15-11(12)2/h10-12,14-15H,6-9H2,1-5H3. The molecule has 1 aliphatic rings. The van der Waals surface area contributed by atoms with Crippen molar-refractivity contribution in [3.63, 3.8) is 0 Å². The summed E-state index contributed by atoms with van der Waals surface area (Å²) in [5.74, 6) is 1.57. The Morgan fingerprint density at radius 1 is 1.40 bits per heavy atom. The van der Waals surface area contributed by atoms with Gasteiger partial charge in [-0.1, -0.05) is 27.7 Å². The molecule has 0 aromatic heterocycles. The zero-order chi connectivity index (χ0) is 11.5. The van der Waals surface area contributed by atoms with Crippen molar-refractivity contribution < 1.29 is 0 Å². The summed E-state index contributed by atoms with van der Waals surface area (Å²) >= 11 is 0. The van der Waals surface area contributed by atoms with Crippen molar-refractivity contribution in [3.8, 4) is 0 Å². The quantitative estimate of drug-likeness (QED) is 0.747. The Balaban J connectivity index is 2.16. The van der Waals surface area contributed by atoms with E-state index < -0.39 is 0 Å². The maximum Gasteiger partial charge on any atom is 0.00795 e. The molecule has 15 heavy (non-hydrogen) atoms. The van der Waals surface area contributed by atoms with Gasteiger partial charge in [-0.25, -0.2) is 0 Å². The molecule has 0 bridgehead atoms.